The molecule has 0 saturated heterocycles. The van der Waals surface area contributed by atoms with Gasteiger partial charge < -0.3 is 9.05 Å². The van der Waals surface area contributed by atoms with Crippen molar-refractivity contribution in [1.29, 1.82) is 0 Å². The lowest BCUT2D eigenvalue weighted by Gasteiger charge is -2.22. The highest BCUT2D eigenvalue weighted by Crippen LogP contribution is 2.47. The van der Waals surface area contributed by atoms with Crippen molar-refractivity contribution in [2.45, 2.75) is 13.8 Å². The van der Waals surface area contributed by atoms with Gasteiger partial charge in [0.25, 0.3) is 6.49 Å². The molecule has 0 saturated carbocycles. The van der Waals surface area contributed by atoms with Gasteiger partial charge in [-0.1, -0.05) is 30.3 Å². The molecular formula is C15H17O2PS. The summed E-state index contributed by atoms with van der Waals surface area (Å²) in [6, 6.07) is 17.7. The SMILES string of the molecule is CCOP(=S)(Oc1cccc(C)c1)c1ccccc1. The molecule has 2 aromatic rings. The van der Waals surface area contributed by atoms with Gasteiger partial charge in [-0.2, -0.15) is 0 Å². The first-order valence-electron chi connectivity index (χ1n) is 6.20. The fourth-order valence-electron chi connectivity index (χ4n) is 1.75. The Hall–Kier alpha value is -1.15. The Labute approximate surface area is 119 Å². The monoisotopic (exact) mass is 292 g/mol. The number of hydrogen-bond acceptors (Lipinski definition) is 3. The van der Waals surface area contributed by atoms with E-state index in [1.165, 1.54) is 0 Å². The smallest absolute Gasteiger partial charge is 0.269 e. The van der Waals surface area contributed by atoms with Crippen LogP contribution in [-0.2, 0) is 16.3 Å². The first kappa shape index (κ1) is 14.3. The van der Waals surface area contributed by atoms with E-state index in [-0.39, 0.29) is 0 Å². The first-order chi connectivity index (χ1) is 9.14. The molecular weight excluding hydrogens is 275 g/mol. The Morgan fingerprint density at radius 2 is 1.79 bits per heavy atom. The van der Waals surface area contributed by atoms with Gasteiger partial charge in [0.2, 0.25) is 0 Å². The molecule has 0 bridgehead atoms. The van der Waals surface area contributed by atoms with Crippen LogP contribution in [0.4, 0.5) is 0 Å². The molecule has 0 spiro atoms. The van der Waals surface area contributed by atoms with Gasteiger partial charge in [0.1, 0.15) is 5.75 Å². The third-order valence-corrected chi connectivity index (χ3v) is 5.74. The molecule has 0 aromatic heterocycles. The van der Waals surface area contributed by atoms with E-state index in [0.717, 1.165) is 16.6 Å². The highest BCUT2D eigenvalue weighted by atomic mass is 32.5. The minimum atomic E-state index is -2.48. The van der Waals surface area contributed by atoms with E-state index in [1.54, 1.807) is 0 Å². The summed E-state index contributed by atoms with van der Waals surface area (Å²) >= 11 is 5.66. The van der Waals surface area contributed by atoms with E-state index in [9.17, 15) is 0 Å². The average Bonchev–Trinajstić information content (AvgIpc) is 2.40. The zero-order chi connectivity index (χ0) is 13.7. The Bertz CT molecular complexity index is 584. The summed E-state index contributed by atoms with van der Waals surface area (Å²) in [5, 5.41) is 0.938. The van der Waals surface area contributed by atoms with E-state index in [0.29, 0.717) is 6.61 Å². The van der Waals surface area contributed by atoms with Crippen molar-refractivity contribution in [2.75, 3.05) is 6.61 Å². The van der Waals surface area contributed by atoms with E-state index >= 15 is 0 Å². The minimum absolute atomic E-state index is 0.540. The molecule has 2 aromatic carbocycles. The Balaban J connectivity index is 2.33. The van der Waals surface area contributed by atoms with Crippen LogP contribution in [0.25, 0.3) is 0 Å². The molecule has 0 N–H and O–H groups in total. The molecule has 2 nitrogen and oxygen atoms in total. The van der Waals surface area contributed by atoms with Crippen LogP contribution in [0, 0.1) is 6.92 Å². The second-order valence-electron chi connectivity index (χ2n) is 4.16. The fraction of sp³-hybridized carbons (Fsp3) is 0.200. The molecule has 0 amide bonds. The largest absolute Gasteiger partial charge is 0.440 e. The predicted octanol–water partition coefficient (Wildman–Crippen LogP) is 4.05. The normalized spacial score (nSPS) is 13.8. The van der Waals surface area contributed by atoms with Crippen molar-refractivity contribution in [3.8, 4) is 5.75 Å². The molecule has 0 aliphatic heterocycles. The molecule has 0 aliphatic carbocycles. The lowest BCUT2D eigenvalue weighted by molar-refractivity contribution is 0.339. The Kier molecular flexibility index (Phi) is 4.76. The Morgan fingerprint density at radius 3 is 2.42 bits per heavy atom. The van der Waals surface area contributed by atoms with Gasteiger partial charge in [-0.05, 0) is 55.5 Å². The summed E-state index contributed by atoms with van der Waals surface area (Å²) in [5.41, 5.74) is 1.14. The first-order valence-corrected chi connectivity index (χ1v) is 8.84. The lowest BCUT2D eigenvalue weighted by atomic mass is 10.2. The maximum atomic E-state index is 6.01. The van der Waals surface area contributed by atoms with Crippen LogP contribution in [0.15, 0.2) is 54.6 Å². The average molecular weight is 292 g/mol. The van der Waals surface area contributed by atoms with Crippen molar-refractivity contribution >= 4 is 23.6 Å². The maximum Gasteiger partial charge on any atom is 0.269 e. The highest BCUT2D eigenvalue weighted by Gasteiger charge is 2.22. The van der Waals surface area contributed by atoms with Gasteiger partial charge >= 0.3 is 0 Å². The van der Waals surface area contributed by atoms with E-state index in [4.69, 9.17) is 20.9 Å². The maximum absolute atomic E-state index is 6.01. The van der Waals surface area contributed by atoms with E-state index < -0.39 is 6.49 Å². The van der Waals surface area contributed by atoms with Crippen LogP contribution in [0.2, 0.25) is 0 Å². The van der Waals surface area contributed by atoms with Crippen LogP contribution in [-0.4, -0.2) is 6.61 Å². The van der Waals surface area contributed by atoms with Gasteiger partial charge in [-0.3, -0.25) is 0 Å². The van der Waals surface area contributed by atoms with Crippen LogP contribution < -0.4 is 9.83 Å². The van der Waals surface area contributed by atoms with Crippen molar-refractivity contribution in [3.63, 3.8) is 0 Å². The number of aryl methyl sites for hydroxylation is 1. The number of hydrogen-bond donors (Lipinski definition) is 0. The molecule has 1 unspecified atom stereocenters. The quantitative estimate of drug-likeness (QED) is 0.775. The summed E-state index contributed by atoms with van der Waals surface area (Å²) in [6.07, 6.45) is 0. The molecule has 4 heteroatoms. The third kappa shape index (κ3) is 3.66. The topological polar surface area (TPSA) is 18.5 Å². The third-order valence-electron chi connectivity index (χ3n) is 2.59. The van der Waals surface area contributed by atoms with Crippen LogP contribution in [0.3, 0.4) is 0 Å². The minimum Gasteiger partial charge on any atom is -0.440 e. The predicted molar refractivity (Wildman–Crippen MR) is 83.8 cm³/mol. The molecule has 0 radical (unpaired) electrons. The van der Waals surface area contributed by atoms with Gasteiger partial charge in [0, 0.05) is 5.30 Å². The van der Waals surface area contributed by atoms with Crippen molar-refractivity contribution in [2.24, 2.45) is 0 Å². The van der Waals surface area contributed by atoms with Crippen molar-refractivity contribution in [1.82, 2.24) is 0 Å². The summed E-state index contributed by atoms with van der Waals surface area (Å²) in [5.74, 6) is 0.764. The van der Waals surface area contributed by atoms with Gasteiger partial charge in [-0.25, -0.2) is 0 Å². The highest BCUT2D eigenvalue weighted by molar-refractivity contribution is 8.13. The molecule has 1 atom stereocenters. The summed E-state index contributed by atoms with van der Waals surface area (Å²) in [7, 11) is 0. The number of rotatable bonds is 5. The van der Waals surface area contributed by atoms with Gasteiger partial charge in [0.05, 0.1) is 6.61 Å². The van der Waals surface area contributed by atoms with Gasteiger partial charge in [-0.15, -0.1) is 0 Å². The molecule has 0 heterocycles. The molecule has 0 aliphatic rings. The summed E-state index contributed by atoms with van der Waals surface area (Å²) in [6.45, 7) is 2.02. The van der Waals surface area contributed by atoms with Crippen molar-refractivity contribution < 1.29 is 9.05 Å². The van der Waals surface area contributed by atoms with Crippen LogP contribution in [0.5, 0.6) is 5.75 Å². The zero-order valence-corrected chi connectivity index (χ0v) is 12.8. The van der Waals surface area contributed by atoms with Crippen LogP contribution >= 0.6 is 6.49 Å². The molecule has 100 valence electrons. The van der Waals surface area contributed by atoms with Crippen molar-refractivity contribution in [3.05, 3.63) is 60.2 Å². The lowest BCUT2D eigenvalue weighted by Crippen LogP contribution is -2.11. The second kappa shape index (κ2) is 6.33. The fourth-order valence-corrected chi connectivity index (χ4v) is 4.26. The molecule has 0 fully saturated rings. The summed E-state index contributed by atoms with van der Waals surface area (Å²) in [4.78, 5) is 0. The van der Waals surface area contributed by atoms with E-state index in [2.05, 4.69) is 0 Å². The van der Waals surface area contributed by atoms with Gasteiger partial charge in [0.15, 0.2) is 0 Å². The second-order valence-corrected chi connectivity index (χ2v) is 7.55. The number of benzene rings is 2. The molecule has 19 heavy (non-hydrogen) atoms. The zero-order valence-electron chi connectivity index (χ0n) is 11.1. The Morgan fingerprint density at radius 1 is 1.05 bits per heavy atom. The van der Waals surface area contributed by atoms with Crippen LogP contribution in [0.1, 0.15) is 12.5 Å². The molecule has 2 rings (SSSR count). The van der Waals surface area contributed by atoms with E-state index in [1.807, 2.05) is 68.4 Å². The summed E-state index contributed by atoms with van der Waals surface area (Å²) < 4.78 is 11.8. The standard InChI is InChI=1S/C15H17O2PS/c1-3-16-18(19,15-10-5-4-6-11-15)17-14-9-7-8-13(2)12-14/h4-12H,3H2,1-2H3.